The molecule has 0 amide bonds. The van der Waals surface area contributed by atoms with Crippen LogP contribution in [0.25, 0.3) is 121 Å². The molecule has 0 spiro atoms. The Morgan fingerprint density at radius 2 is 0.897 bits per heavy atom. The molecule has 0 aliphatic carbocycles. The third-order valence-corrected chi connectivity index (χ3v) is 12.1. The van der Waals surface area contributed by atoms with E-state index in [0.717, 1.165) is 82.9 Å². The second kappa shape index (κ2) is 11.8. The highest BCUT2D eigenvalue weighted by Gasteiger charge is 2.25. The predicted molar refractivity (Wildman–Crippen MR) is 241 cm³/mol. The van der Waals surface area contributed by atoms with E-state index in [2.05, 4.69) is 179 Å². The summed E-state index contributed by atoms with van der Waals surface area (Å²) in [6, 6.07) is 69.8. The molecule has 13 rings (SSSR count). The standard InChI is InChI=1S/C54H32N2O2/c1-2-13-34(14-3-1)55-46-22-9-5-18-41(46)53-47(55)28-27-36(33-25-29-50-43(31-33)38-16-6-10-23-48(38)57-50)52(53)42-20-12-19-40-37-15-4-8-21-45(37)56(54(40)42)35-26-30-51-44(32-35)39-17-7-11-24-49(39)58-51/h1-32H. The van der Waals surface area contributed by atoms with E-state index in [4.69, 9.17) is 8.83 Å². The smallest absolute Gasteiger partial charge is 0.135 e. The average molecular weight is 741 g/mol. The molecule has 0 bridgehead atoms. The van der Waals surface area contributed by atoms with Gasteiger partial charge in [-0.2, -0.15) is 0 Å². The van der Waals surface area contributed by atoms with Gasteiger partial charge in [0.15, 0.2) is 0 Å². The summed E-state index contributed by atoms with van der Waals surface area (Å²) in [5.74, 6) is 0. The zero-order chi connectivity index (χ0) is 37.9. The van der Waals surface area contributed by atoms with Crippen LogP contribution in [0, 0.1) is 0 Å². The van der Waals surface area contributed by atoms with Gasteiger partial charge >= 0.3 is 0 Å². The third kappa shape index (κ3) is 4.34. The summed E-state index contributed by atoms with van der Waals surface area (Å²) in [5, 5.41) is 9.29. The van der Waals surface area contributed by atoms with Crippen LogP contribution in [0.15, 0.2) is 203 Å². The number of aromatic nitrogens is 2. The van der Waals surface area contributed by atoms with Crippen molar-refractivity contribution in [2.45, 2.75) is 0 Å². The molecule has 9 aromatic carbocycles. The maximum absolute atomic E-state index is 6.33. The third-order valence-electron chi connectivity index (χ3n) is 12.1. The van der Waals surface area contributed by atoms with E-state index in [1.54, 1.807) is 0 Å². The van der Waals surface area contributed by atoms with Gasteiger partial charge in [0.05, 0.1) is 22.1 Å². The van der Waals surface area contributed by atoms with Gasteiger partial charge in [0.2, 0.25) is 0 Å². The van der Waals surface area contributed by atoms with Crippen LogP contribution in [0.3, 0.4) is 0 Å². The first kappa shape index (κ1) is 31.4. The van der Waals surface area contributed by atoms with Crippen molar-refractivity contribution >= 4 is 87.5 Å². The fourth-order valence-electron chi connectivity index (χ4n) is 9.67. The van der Waals surface area contributed by atoms with Crippen LogP contribution in [0.4, 0.5) is 0 Å². The van der Waals surface area contributed by atoms with E-state index in [-0.39, 0.29) is 0 Å². The van der Waals surface area contributed by atoms with Crippen molar-refractivity contribution in [3.05, 3.63) is 194 Å². The summed E-state index contributed by atoms with van der Waals surface area (Å²) in [6.07, 6.45) is 0. The highest BCUT2D eigenvalue weighted by molar-refractivity contribution is 6.23. The van der Waals surface area contributed by atoms with Crippen molar-refractivity contribution in [3.63, 3.8) is 0 Å². The number of hydrogen-bond donors (Lipinski definition) is 0. The SMILES string of the molecule is c1ccc(-n2c3ccccc3c3c(-c4cccc5c6ccccc6n(-c6ccc7oc8ccccc8c7c6)c45)c(-c4ccc5oc6ccccc6c5c4)ccc32)cc1. The largest absolute Gasteiger partial charge is 0.456 e. The zero-order valence-electron chi connectivity index (χ0n) is 31.2. The lowest BCUT2D eigenvalue weighted by Gasteiger charge is -2.17. The van der Waals surface area contributed by atoms with Crippen molar-refractivity contribution in [1.82, 2.24) is 9.13 Å². The minimum Gasteiger partial charge on any atom is -0.456 e. The van der Waals surface area contributed by atoms with Gasteiger partial charge in [-0.05, 0) is 83.9 Å². The summed E-state index contributed by atoms with van der Waals surface area (Å²) in [6.45, 7) is 0. The van der Waals surface area contributed by atoms with Gasteiger partial charge in [-0.3, -0.25) is 0 Å². The first-order valence-corrected chi connectivity index (χ1v) is 19.8. The molecule has 0 aliphatic heterocycles. The van der Waals surface area contributed by atoms with E-state index in [9.17, 15) is 0 Å². The van der Waals surface area contributed by atoms with Crippen molar-refractivity contribution in [3.8, 4) is 33.6 Å². The molecule has 4 heteroatoms. The number of furan rings is 2. The van der Waals surface area contributed by atoms with E-state index in [0.29, 0.717) is 0 Å². The minimum absolute atomic E-state index is 0.883. The Hall–Kier alpha value is -7.82. The predicted octanol–water partition coefficient (Wildman–Crippen LogP) is 15.0. The summed E-state index contributed by atoms with van der Waals surface area (Å²) in [5.41, 5.74) is 15.1. The Bertz CT molecular complexity index is 3800. The Labute approximate surface area is 332 Å². The van der Waals surface area contributed by atoms with Gasteiger partial charge in [-0.15, -0.1) is 0 Å². The molecule has 58 heavy (non-hydrogen) atoms. The minimum atomic E-state index is 0.883. The fourth-order valence-corrected chi connectivity index (χ4v) is 9.67. The summed E-state index contributed by atoms with van der Waals surface area (Å²) < 4.78 is 17.5. The first-order valence-electron chi connectivity index (χ1n) is 19.8. The molecule has 0 aliphatic rings. The highest BCUT2D eigenvalue weighted by Crippen LogP contribution is 2.48. The van der Waals surface area contributed by atoms with Gasteiger partial charge < -0.3 is 18.0 Å². The van der Waals surface area contributed by atoms with Crippen LogP contribution in [-0.2, 0) is 0 Å². The van der Waals surface area contributed by atoms with Crippen LogP contribution in [0.2, 0.25) is 0 Å². The summed E-state index contributed by atoms with van der Waals surface area (Å²) in [4.78, 5) is 0. The molecule has 0 atom stereocenters. The van der Waals surface area contributed by atoms with Gasteiger partial charge in [0.1, 0.15) is 22.3 Å². The number of rotatable bonds is 4. The second-order valence-electron chi connectivity index (χ2n) is 15.2. The summed E-state index contributed by atoms with van der Waals surface area (Å²) in [7, 11) is 0. The molecule has 4 nitrogen and oxygen atoms in total. The molecule has 13 aromatic rings. The maximum atomic E-state index is 6.33. The zero-order valence-corrected chi connectivity index (χ0v) is 31.2. The van der Waals surface area contributed by atoms with Gasteiger partial charge in [0.25, 0.3) is 0 Å². The topological polar surface area (TPSA) is 36.1 Å². The molecule has 4 aromatic heterocycles. The average Bonchev–Trinajstić information content (AvgIpc) is 4.04. The molecule has 0 unspecified atom stereocenters. The molecule has 0 fully saturated rings. The van der Waals surface area contributed by atoms with Gasteiger partial charge in [-0.1, -0.05) is 121 Å². The number of benzene rings is 9. The van der Waals surface area contributed by atoms with Crippen LogP contribution >= 0.6 is 0 Å². The second-order valence-corrected chi connectivity index (χ2v) is 15.2. The van der Waals surface area contributed by atoms with Crippen molar-refractivity contribution in [1.29, 1.82) is 0 Å². The summed E-state index contributed by atoms with van der Waals surface area (Å²) >= 11 is 0. The van der Waals surface area contributed by atoms with E-state index >= 15 is 0 Å². The molecule has 270 valence electrons. The Balaban J connectivity index is 1.20. The van der Waals surface area contributed by atoms with Crippen LogP contribution in [0.5, 0.6) is 0 Å². The van der Waals surface area contributed by atoms with Crippen molar-refractivity contribution in [2.75, 3.05) is 0 Å². The number of para-hydroxylation sites is 6. The lowest BCUT2D eigenvalue weighted by atomic mass is 9.89. The van der Waals surface area contributed by atoms with Gasteiger partial charge in [-0.25, -0.2) is 0 Å². The normalized spacial score (nSPS) is 12.1. The molecule has 0 radical (unpaired) electrons. The number of fused-ring (bicyclic) bond motifs is 12. The molecule has 0 saturated carbocycles. The Morgan fingerprint density at radius 1 is 0.310 bits per heavy atom. The molecular weight excluding hydrogens is 709 g/mol. The first-order chi connectivity index (χ1) is 28.8. The Kier molecular flexibility index (Phi) is 6.41. The Morgan fingerprint density at radius 3 is 1.66 bits per heavy atom. The van der Waals surface area contributed by atoms with E-state index in [1.807, 2.05) is 24.3 Å². The maximum Gasteiger partial charge on any atom is 0.135 e. The van der Waals surface area contributed by atoms with Gasteiger partial charge in [0, 0.05) is 65.6 Å². The molecule has 4 heterocycles. The van der Waals surface area contributed by atoms with Crippen molar-refractivity contribution in [2.24, 2.45) is 0 Å². The molecular formula is C54H32N2O2. The van der Waals surface area contributed by atoms with Crippen LogP contribution in [0.1, 0.15) is 0 Å². The quantitative estimate of drug-likeness (QED) is 0.180. The lowest BCUT2D eigenvalue weighted by molar-refractivity contribution is 0.668. The van der Waals surface area contributed by atoms with E-state index < -0.39 is 0 Å². The van der Waals surface area contributed by atoms with Crippen LogP contribution < -0.4 is 0 Å². The fraction of sp³-hybridized carbons (Fsp3) is 0. The highest BCUT2D eigenvalue weighted by atomic mass is 16.3. The lowest BCUT2D eigenvalue weighted by Crippen LogP contribution is -1.97. The monoisotopic (exact) mass is 740 g/mol. The number of hydrogen-bond acceptors (Lipinski definition) is 2. The van der Waals surface area contributed by atoms with Crippen molar-refractivity contribution < 1.29 is 8.83 Å². The van der Waals surface area contributed by atoms with E-state index in [1.165, 1.54) is 38.2 Å². The number of nitrogens with zero attached hydrogens (tertiary/aromatic N) is 2. The van der Waals surface area contributed by atoms with Crippen LogP contribution in [-0.4, -0.2) is 9.13 Å². The molecule has 0 N–H and O–H groups in total. The molecule has 0 saturated heterocycles.